The van der Waals surface area contributed by atoms with Crippen molar-refractivity contribution in [1.82, 2.24) is 15.1 Å². The second-order valence-corrected chi connectivity index (χ2v) is 8.95. The van der Waals surface area contributed by atoms with Gasteiger partial charge in [0.1, 0.15) is 0 Å². The van der Waals surface area contributed by atoms with Crippen LogP contribution >= 0.6 is 0 Å². The van der Waals surface area contributed by atoms with Gasteiger partial charge in [-0.1, -0.05) is 33.1 Å². The normalized spacial score (nSPS) is 23.9. The van der Waals surface area contributed by atoms with Crippen molar-refractivity contribution < 1.29 is 9.59 Å². The van der Waals surface area contributed by atoms with E-state index in [4.69, 9.17) is 0 Å². The SMILES string of the molecule is CC(C)CCNC(=O)[C@H](C1CCCC1)N1CCN(C(=O)C2CCC2)CC1. The molecule has 1 aliphatic heterocycles. The first-order valence-electron chi connectivity index (χ1n) is 10.9. The Morgan fingerprint density at radius 3 is 2.15 bits per heavy atom. The van der Waals surface area contributed by atoms with Gasteiger partial charge in [0.05, 0.1) is 6.04 Å². The molecule has 0 aromatic carbocycles. The molecule has 0 unspecified atom stereocenters. The monoisotopic (exact) mass is 363 g/mol. The zero-order valence-electron chi connectivity index (χ0n) is 16.7. The fourth-order valence-electron chi connectivity index (χ4n) is 4.67. The summed E-state index contributed by atoms with van der Waals surface area (Å²) in [5.74, 6) is 1.96. The zero-order valence-corrected chi connectivity index (χ0v) is 16.7. The molecule has 26 heavy (non-hydrogen) atoms. The van der Waals surface area contributed by atoms with Crippen molar-refractivity contribution in [2.24, 2.45) is 17.8 Å². The van der Waals surface area contributed by atoms with Crippen LogP contribution in [0.2, 0.25) is 0 Å². The van der Waals surface area contributed by atoms with Crippen LogP contribution in [0.4, 0.5) is 0 Å². The summed E-state index contributed by atoms with van der Waals surface area (Å²) in [4.78, 5) is 29.8. The van der Waals surface area contributed by atoms with Gasteiger partial charge >= 0.3 is 0 Å². The Kier molecular flexibility index (Phi) is 6.96. The van der Waals surface area contributed by atoms with Crippen molar-refractivity contribution in [2.45, 2.75) is 71.3 Å². The molecule has 5 nitrogen and oxygen atoms in total. The topological polar surface area (TPSA) is 52.7 Å². The molecule has 0 aromatic heterocycles. The van der Waals surface area contributed by atoms with E-state index >= 15 is 0 Å². The summed E-state index contributed by atoms with van der Waals surface area (Å²) in [6.07, 6.45) is 9.22. The zero-order chi connectivity index (χ0) is 18.5. The smallest absolute Gasteiger partial charge is 0.237 e. The van der Waals surface area contributed by atoms with Gasteiger partial charge in [-0.2, -0.15) is 0 Å². The fraction of sp³-hybridized carbons (Fsp3) is 0.905. The number of nitrogens with zero attached hydrogens (tertiary/aromatic N) is 2. The molecule has 2 saturated carbocycles. The Hall–Kier alpha value is -1.10. The highest BCUT2D eigenvalue weighted by molar-refractivity contribution is 5.82. The molecule has 0 spiro atoms. The van der Waals surface area contributed by atoms with Crippen molar-refractivity contribution in [3.63, 3.8) is 0 Å². The molecule has 3 rings (SSSR count). The van der Waals surface area contributed by atoms with E-state index in [2.05, 4.69) is 24.1 Å². The van der Waals surface area contributed by atoms with Crippen LogP contribution in [0.3, 0.4) is 0 Å². The van der Waals surface area contributed by atoms with E-state index in [1.807, 2.05) is 4.90 Å². The minimum absolute atomic E-state index is 0.00520. The van der Waals surface area contributed by atoms with E-state index in [0.717, 1.165) is 52.0 Å². The van der Waals surface area contributed by atoms with E-state index < -0.39 is 0 Å². The molecule has 0 aromatic rings. The van der Waals surface area contributed by atoms with Gasteiger partial charge < -0.3 is 10.2 Å². The molecule has 2 aliphatic carbocycles. The van der Waals surface area contributed by atoms with Gasteiger partial charge in [-0.25, -0.2) is 0 Å². The summed E-state index contributed by atoms with van der Waals surface area (Å²) in [6, 6.07) is 0.00520. The fourth-order valence-corrected chi connectivity index (χ4v) is 4.67. The lowest BCUT2D eigenvalue weighted by Crippen LogP contribution is -2.58. The highest BCUT2D eigenvalue weighted by atomic mass is 16.2. The largest absolute Gasteiger partial charge is 0.355 e. The van der Waals surface area contributed by atoms with E-state index in [1.54, 1.807) is 0 Å². The highest BCUT2D eigenvalue weighted by Crippen LogP contribution is 2.32. The minimum Gasteiger partial charge on any atom is -0.355 e. The summed E-state index contributed by atoms with van der Waals surface area (Å²) in [7, 11) is 0. The summed E-state index contributed by atoms with van der Waals surface area (Å²) in [5.41, 5.74) is 0. The summed E-state index contributed by atoms with van der Waals surface area (Å²) >= 11 is 0. The molecule has 1 heterocycles. The van der Waals surface area contributed by atoms with Gasteiger partial charge in [-0.15, -0.1) is 0 Å². The lowest BCUT2D eigenvalue weighted by molar-refractivity contribution is -0.141. The molecule has 2 amide bonds. The standard InChI is InChI=1S/C21H37N3O2/c1-16(2)10-11-22-20(25)19(17-6-3-4-7-17)23-12-14-24(15-13-23)21(26)18-8-5-9-18/h16-19H,3-15H2,1-2H3,(H,22,25)/t19-/m0/s1. The van der Waals surface area contributed by atoms with Crippen molar-refractivity contribution in [2.75, 3.05) is 32.7 Å². The van der Waals surface area contributed by atoms with E-state index in [-0.39, 0.29) is 17.9 Å². The van der Waals surface area contributed by atoms with E-state index in [1.165, 1.54) is 32.1 Å². The van der Waals surface area contributed by atoms with E-state index in [0.29, 0.717) is 17.7 Å². The first-order chi connectivity index (χ1) is 12.6. The number of carbonyl (C=O) groups excluding carboxylic acids is 2. The highest BCUT2D eigenvalue weighted by Gasteiger charge is 2.38. The lowest BCUT2D eigenvalue weighted by Gasteiger charge is -2.42. The van der Waals surface area contributed by atoms with Gasteiger partial charge in [-0.05, 0) is 43.9 Å². The van der Waals surface area contributed by atoms with Gasteiger partial charge in [0, 0.05) is 38.6 Å². The van der Waals surface area contributed by atoms with Gasteiger partial charge in [0.15, 0.2) is 0 Å². The predicted octanol–water partition coefficient (Wildman–Crippen LogP) is 2.65. The third kappa shape index (κ3) is 4.79. The van der Waals surface area contributed by atoms with Crippen molar-refractivity contribution in [3.05, 3.63) is 0 Å². The molecule has 3 fully saturated rings. The quantitative estimate of drug-likeness (QED) is 0.756. The Bertz CT molecular complexity index is 476. The summed E-state index contributed by atoms with van der Waals surface area (Å²) < 4.78 is 0. The first kappa shape index (κ1) is 19.7. The Labute approximate surface area is 158 Å². The molecular weight excluding hydrogens is 326 g/mol. The van der Waals surface area contributed by atoms with Crippen LogP contribution in [0.1, 0.15) is 65.2 Å². The molecule has 1 saturated heterocycles. The average molecular weight is 364 g/mol. The van der Waals surface area contributed by atoms with Crippen LogP contribution in [0.15, 0.2) is 0 Å². The lowest BCUT2D eigenvalue weighted by atomic mass is 9.84. The Balaban J connectivity index is 1.55. The second-order valence-electron chi connectivity index (χ2n) is 8.95. The van der Waals surface area contributed by atoms with Crippen LogP contribution in [0, 0.1) is 17.8 Å². The van der Waals surface area contributed by atoms with E-state index in [9.17, 15) is 9.59 Å². The number of piperazine rings is 1. The van der Waals surface area contributed by atoms with Crippen LogP contribution in [-0.2, 0) is 9.59 Å². The summed E-state index contributed by atoms with van der Waals surface area (Å²) in [6.45, 7) is 8.43. The van der Waals surface area contributed by atoms with Crippen LogP contribution < -0.4 is 5.32 Å². The predicted molar refractivity (Wildman–Crippen MR) is 104 cm³/mol. The molecule has 0 bridgehead atoms. The van der Waals surface area contributed by atoms with Crippen molar-refractivity contribution in [3.8, 4) is 0 Å². The number of nitrogens with one attached hydrogen (secondary N) is 1. The number of carbonyl (C=O) groups is 2. The molecular formula is C21H37N3O2. The van der Waals surface area contributed by atoms with Crippen LogP contribution in [0.5, 0.6) is 0 Å². The number of hydrogen-bond acceptors (Lipinski definition) is 3. The average Bonchev–Trinajstić information content (AvgIpc) is 3.08. The minimum atomic E-state index is 0.00520. The molecule has 148 valence electrons. The van der Waals surface area contributed by atoms with Crippen molar-refractivity contribution in [1.29, 1.82) is 0 Å². The third-order valence-corrected chi connectivity index (χ3v) is 6.61. The maximum atomic E-state index is 13.0. The third-order valence-electron chi connectivity index (χ3n) is 6.61. The van der Waals surface area contributed by atoms with Crippen molar-refractivity contribution >= 4 is 11.8 Å². The number of hydrogen-bond donors (Lipinski definition) is 1. The Morgan fingerprint density at radius 1 is 0.962 bits per heavy atom. The molecule has 0 radical (unpaired) electrons. The van der Waals surface area contributed by atoms with Crippen LogP contribution in [-0.4, -0.2) is 60.4 Å². The Morgan fingerprint density at radius 2 is 1.62 bits per heavy atom. The molecule has 3 aliphatic rings. The molecule has 1 atom stereocenters. The van der Waals surface area contributed by atoms with Gasteiger partial charge in [-0.3, -0.25) is 14.5 Å². The molecule has 1 N–H and O–H groups in total. The van der Waals surface area contributed by atoms with Gasteiger partial charge in [0.25, 0.3) is 0 Å². The maximum Gasteiger partial charge on any atom is 0.237 e. The maximum absolute atomic E-state index is 13.0. The van der Waals surface area contributed by atoms with Crippen LogP contribution in [0.25, 0.3) is 0 Å². The molecule has 5 heteroatoms. The summed E-state index contributed by atoms with van der Waals surface area (Å²) in [5, 5.41) is 3.20. The number of amides is 2. The number of rotatable bonds is 7. The second kappa shape index (κ2) is 9.20. The first-order valence-corrected chi connectivity index (χ1v) is 10.9. The van der Waals surface area contributed by atoms with Gasteiger partial charge in [0.2, 0.25) is 11.8 Å².